The summed E-state index contributed by atoms with van der Waals surface area (Å²) in [6.07, 6.45) is 0.207. The average Bonchev–Trinajstić information content (AvgIpc) is 2.60. The van der Waals surface area contributed by atoms with E-state index < -0.39 is 6.10 Å². The van der Waals surface area contributed by atoms with Crippen LogP contribution in [-0.4, -0.2) is 23.7 Å². The number of aliphatic hydroxyl groups excluding tert-OH is 1. The molecule has 1 atom stereocenters. The van der Waals surface area contributed by atoms with Crippen LogP contribution in [0.4, 0.5) is 0 Å². The molecule has 0 saturated heterocycles. The maximum atomic E-state index is 11.5. The largest absolute Gasteiger partial charge is 0.391 e. The lowest BCUT2D eigenvalue weighted by Crippen LogP contribution is -2.31. The van der Waals surface area contributed by atoms with E-state index in [1.54, 1.807) is 0 Å². The van der Waals surface area contributed by atoms with Gasteiger partial charge in [0.05, 0.1) is 14.6 Å². The van der Waals surface area contributed by atoms with E-state index in [9.17, 15) is 9.90 Å². The van der Waals surface area contributed by atoms with Gasteiger partial charge in [-0.3, -0.25) is 4.79 Å². The number of thiophene rings is 1. The minimum atomic E-state index is -0.448. The zero-order valence-electron chi connectivity index (χ0n) is 7.79. The van der Waals surface area contributed by atoms with Crippen LogP contribution in [0.25, 0.3) is 0 Å². The highest BCUT2D eigenvalue weighted by atomic mass is 127. The zero-order valence-corrected chi connectivity index (χ0v) is 10.8. The lowest BCUT2D eigenvalue weighted by Gasteiger charge is -2.08. The molecule has 5 heteroatoms. The highest BCUT2D eigenvalue weighted by molar-refractivity contribution is 14.1. The van der Waals surface area contributed by atoms with Gasteiger partial charge in [0.15, 0.2) is 0 Å². The van der Waals surface area contributed by atoms with Crippen LogP contribution in [0.3, 0.4) is 0 Å². The number of rotatable bonds is 4. The number of hydrogen-bond acceptors (Lipinski definition) is 3. The fourth-order valence-corrected chi connectivity index (χ4v) is 2.21. The second-order valence-electron chi connectivity index (χ2n) is 2.91. The van der Waals surface area contributed by atoms with Gasteiger partial charge in [0, 0.05) is 11.9 Å². The molecule has 14 heavy (non-hydrogen) atoms. The number of hydrogen-bond donors (Lipinski definition) is 2. The third-order valence-corrected chi connectivity index (χ3v) is 3.59. The Labute approximate surface area is 101 Å². The molecule has 0 aromatic carbocycles. The quantitative estimate of drug-likeness (QED) is 0.830. The maximum absolute atomic E-state index is 11.5. The van der Waals surface area contributed by atoms with Crippen LogP contribution in [-0.2, 0) is 0 Å². The number of nitrogens with one attached hydrogen (secondary N) is 1. The van der Waals surface area contributed by atoms with Gasteiger partial charge in [0.2, 0.25) is 0 Å². The Morgan fingerprint density at radius 2 is 2.50 bits per heavy atom. The molecule has 0 saturated carbocycles. The van der Waals surface area contributed by atoms with E-state index in [0.29, 0.717) is 18.5 Å². The fraction of sp³-hybridized carbons (Fsp3) is 0.444. The van der Waals surface area contributed by atoms with Crippen LogP contribution in [0, 0.1) is 2.88 Å². The van der Waals surface area contributed by atoms with Gasteiger partial charge in [-0.2, -0.15) is 0 Å². The van der Waals surface area contributed by atoms with Crippen molar-refractivity contribution < 1.29 is 9.90 Å². The van der Waals surface area contributed by atoms with Crippen LogP contribution in [0.2, 0.25) is 0 Å². The number of carbonyl (C=O) groups is 1. The standard InChI is InChI=1S/C9H12INO2S/c1-2-7(12)4-11-9(13)6-3-8(10)14-5-6/h3,5,7,12H,2,4H2,1H3,(H,11,13). The van der Waals surface area contributed by atoms with Gasteiger partial charge in [-0.1, -0.05) is 6.92 Å². The Morgan fingerprint density at radius 3 is 3.00 bits per heavy atom. The number of carbonyl (C=O) groups excluding carboxylic acids is 1. The molecule has 0 spiro atoms. The topological polar surface area (TPSA) is 49.3 Å². The molecule has 3 nitrogen and oxygen atoms in total. The fourth-order valence-electron chi connectivity index (χ4n) is 0.886. The zero-order chi connectivity index (χ0) is 10.6. The molecule has 0 aliphatic rings. The molecule has 0 aliphatic heterocycles. The lowest BCUT2D eigenvalue weighted by molar-refractivity contribution is 0.0914. The van der Waals surface area contributed by atoms with E-state index in [1.165, 1.54) is 11.3 Å². The average molecular weight is 325 g/mol. The third-order valence-electron chi connectivity index (χ3n) is 1.80. The summed E-state index contributed by atoms with van der Waals surface area (Å²) in [5, 5.41) is 13.7. The smallest absolute Gasteiger partial charge is 0.252 e. The Hall–Kier alpha value is -0.140. The Balaban J connectivity index is 2.43. The van der Waals surface area contributed by atoms with Gasteiger partial charge in [-0.25, -0.2) is 0 Å². The van der Waals surface area contributed by atoms with Crippen molar-refractivity contribution in [1.82, 2.24) is 5.32 Å². The second kappa shape index (κ2) is 5.67. The van der Waals surface area contributed by atoms with Crippen molar-refractivity contribution in [3.8, 4) is 0 Å². The minimum absolute atomic E-state index is 0.114. The van der Waals surface area contributed by atoms with Crippen molar-refractivity contribution in [3.63, 3.8) is 0 Å². The summed E-state index contributed by atoms with van der Waals surface area (Å²) >= 11 is 3.71. The van der Waals surface area contributed by atoms with E-state index >= 15 is 0 Å². The first kappa shape index (κ1) is 11.9. The summed E-state index contributed by atoms with van der Waals surface area (Å²) in [5.74, 6) is -0.114. The summed E-state index contributed by atoms with van der Waals surface area (Å²) < 4.78 is 1.09. The SMILES string of the molecule is CCC(O)CNC(=O)c1csc(I)c1. The first-order valence-corrected chi connectivity index (χ1v) is 6.29. The van der Waals surface area contributed by atoms with E-state index in [4.69, 9.17) is 0 Å². The van der Waals surface area contributed by atoms with E-state index in [0.717, 1.165) is 2.88 Å². The van der Waals surface area contributed by atoms with Crippen LogP contribution in [0.1, 0.15) is 23.7 Å². The predicted molar refractivity (Wildman–Crippen MR) is 65.7 cm³/mol. The van der Waals surface area contributed by atoms with Crippen molar-refractivity contribution in [1.29, 1.82) is 0 Å². The monoisotopic (exact) mass is 325 g/mol. The van der Waals surface area contributed by atoms with Gasteiger partial charge in [-0.15, -0.1) is 11.3 Å². The first-order valence-electron chi connectivity index (χ1n) is 4.33. The van der Waals surface area contributed by atoms with Crippen LogP contribution in [0.15, 0.2) is 11.4 Å². The first-order chi connectivity index (χ1) is 6.63. The molecule has 1 amide bonds. The Bertz CT molecular complexity index is 314. The maximum Gasteiger partial charge on any atom is 0.252 e. The van der Waals surface area contributed by atoms with E-state index in [2.05, 4.69) is 27.9 Å². The Morgan fingerprint density at radius 1 is 1.79 bits per heavy atom. The van der Waals surface area contributed by atoms with Crippen LogP contribution in [0.5, 0.6) is 0 Å². The highest BCUT2D eigenvalue weighted by Gasteiger charge is 2.08. The third kappa shape index (κ3) is 3.55. The molecular weight excluding hydrogens is 313 g/mol. The molecular formula is C9H12INO2S. The molecule has 0 bridgehead atoms. The Kier molecular flexibility index (Phi) is 4.83. The predicted octanol–water partition coefficient (Wildman–Crippen LogP) is 1.85. The molecule has 0 radical (unpaired) electrons. The van der Waals surface area contributed by atoms with Crippen molar-refractivity contribution in [2.45, 2.75) is 19.4 Å². The number of amides is 1. The van der Waals surface area contributed by atoms with Gasteiger partial charge in [0.25, 0.3) is 5.91 Å². The van der Waals surface area contributed by atoms with Crippen LogP contribution < -0.4 is 5.32 Å². The normalized spacial score (nSPS) is 12.5. The summed E-state index contributed by atoms with van der Waals surface area (Å²) in [4.78, 5) is 11.5. The summed E-state index contributed by atoms with van der Waals surface area (Å²) in [7, 11) is 0. The highest BCUT2D eigenvalue weighted by Crippen LogP contribution is 2.16. The summed E-state index contributed by atoms with van der Waals surface area (Å²) in [6.45, 7) is 2.20. The second-order valence-corrected chi connectivity index (χ2v) is 5.72. The van der Waals surface area contributed by atoms with Crippen molar-refractivity contribution in [3.05, 3.63) is 19.9 Å². The molecule has 1 rings (SSSR count). The molecule has 0 fully saturated rings. The van der Waals surface area contributed by atoms with E-state index in [1.807, 2.05) is 18.4 Å². The van der Waals surface area contributed by atoms with Crippen molar-refractivity contribution in [2.75, 3.05) is 6.54 Å². The van der Waals surface area contributed by atoms with Gasteiger partial charge in [0.1, 0.15) is 0 Å². The molecule has 78 valence electrons. The molecule has 0 aliphatic carbocycles. The van der Waals surface area contributed by atoms with Gasteiger partial charge in [-0.05, 0) is 35.1 Å². The number of aliphatic hydroxyl groups is 1. The molecule has 1 aromatic rings. The molecule has 1 unspecified atom stereocenters. The number of halogens is 1. The summed E-state index contributed by atoms with van der Waals surface area (Å²) in [6, 6.07) is 1.83. The van der Waals surface area contributed by atoms with Crippen molar-refractivity contribution in [2.24, 2.45) is 0 Å². The molecule has 1 aromatic heterocycles. The van der Waals surface area contributed by atoms with E-state index in [-0.39, 0.29) is 5.91 Å². The van der Waals surface area contributed by atoms with Gasteiger partial charge >= 0.3 is 0 Å². The summed E-state index contributed by atoms with van der Waals surface area (Å²) in [5.41, 5.74) is 0.669. The minimum Gasteiger partial charge on any atom is -0.391 e. The van der Waals surface area contributed by atoms with Crippen LogP contribution >= 0.6 is 33.9 Å². The lowest BCUT2D eigenvalue weighted by atomic mass is 10.2. The molecule has 2 N–H and O–H groups in total. The van der Waals surface area contributed by atoms with Gasteiger partial charge < -0.3 is 10.4 Å². The van der Waals surface area contributed by atoms with Crippen molar-refractivity contribution >= 4 is 39.8 Å². The molecule has 1 heterocycles.